The molecule has 0 spiro atoms. The molecule has 1 N–H and O–H groups in total. The van der Waals surface area contributed by atoms with Crippen LogP contribution in [0, 0.1) is 17.1 Å². The van der Waals surface area contributed by atoms with Crippen LogP contribution in [0.2, 0.25) is 0 Å². The average Bonchev–Trinajstić information content (AvgIpc) is 2.53. The van der Waals surface area contributed by atoms with E-state index in [1.807, 2.05) is 18.2 Å². The molecule has 0 heterocycles. The van der Waals surface area contributed by atoms with Gasteiger partial charge in [-0.05, 0) is 30.3 Å². The lowest BCUT2D eigenvalue weighted by atomic mass is 10.3. The van der Waals surface area contributed by atoms with Crippen LogP contribution in [0.25, 0.3) is 0 Å². The molecule has 0 aromatic heterocycles. The molecule has 2 aromatic carbocycles. The summed E-state index contributed by atoms with van der Waals surface area (Å²) in [5.41, 5.74) is 0.595. The topological polar surface area (TPSA) is 62.1 Å². The van der Waals surface area contributed by atoms with Gasteiger partial charge in [0.1, 0.15) is 0 Å². The zero-order valence-electron chi connectivity index (χ0n) is 11.9. The molecule has 7 heteroatoms. The first-order valence-corrected chi connectivity index (χ1v) is 8.34. The Bertz CT molecular complexity index is 749. The van der Waals surface area contributed by atoms with Crippen LogP contribution >= 0.6 is 27.7 Å². The average molecular weight is 395 g/mol. The summed E-state index contributed by atoms with van der Waals surface area (Å²) in [4.78, 5) is 12.7. The number of thioether (sulfide) groups is 1. The monoisotopic (exact) mass is 394 g/mol. The minimum absolute atomic E-state index is 0.00971. The van der Waals surface area contributed by atoms with E-state index in [-0.39, 0.29) is 18.1 Å². The van der Waals surface area contributed by atoms with Crippen molar-refractivity contribution in [1.82, 2.24) is 0 Å². The maximum Gasteiger partial charge on any atom is 0.262 e. The van der Waals surface area contributed by atoms with E-state index in [0.29, 0.717) is 10.2 Å². The van der Waals surface area contributed by atoms with Gasteiger partial charge in [0, 0.05) is 9.37 Å². The number of nitrogens with one attached hydrogen (secondary N) is 1. The maximum absolute atomic E-state index is 13.6. The fourth-order valence-corrected chi connectivity index (χ4v) is 2.73. The second-order valence-electron chi connectivity index (χ2n) is 4.35. The van der Waals surface area contributed by atoms with Crippen LogP contribution in [0.15, 0.2) is 51.8 Å². The number of anilines is 1. The van der Waals surface area contributed by atoms with Gasteiger partial charge in [-0.1, -0.05) is 28.1 Å². The Balaban J connectivity index is 1.96. The minimum Gasteiger partial charge on any atom is -0.481 e. The van der Waals surface area contributed by atoms with Gasteiger partial charge in [-0.25, -0.2) is 4.39 Å². The van der Waals surface area contributed by atoms with Gasteiger partial charge in [0.05, 0.1) is 17.5 Å². The van der Waals surface area contributed by atoms with Gasteiger partial charge >= 0.3 is 0 Å². The predicted octanol–water partition coefficient (Wildman–Crippen LogP) is 4.22. The smallest absolute Gasteiger partial charge is 0.262 e. The number of nitrogens with zero attached hydrogens (tertiary/aromatic N) is 1. The van der Waals surface area contributed by atoms with Crippen molar-refractivity contribution < 1.29 is 13.9 Å². The summed E-state index contributed by atoms with van der Waals surface area (Å²) >= 11 is 4.47. The van der Waals surface area contributed by atoms with Crippen LogP contribution in [-0.4, -0.2) is 18.3 Å². The second kappa shape index (κ2) is 8.56. The second-order valence-corrected chi connectivity index (χ2v) is 6.29. The van der Waals surface area contributed by atoms with E-state index >= 15 is 0 Å². The number of para-hydroxylation sites is 1. The Hall–Kier alpha value is -2.04. The quantitative estimate of drug-likeness (QED) is 0.744. The molecule has 0 unspecified atom stereocenters. The molecule has 0 aliphatic rings. The number of carbonyl (C=O) groups is 1. The van der Waals surface area contributed by atoms with Crippen molar-refractivity contribution in [1.29, 1.82) is 5.26 Å². The van der Waals surface area contributed by atoms with Gasteiger partial charge in [0.2, 0.25) is 0 Å². The third-order valence-electron chi connectivity index (χ3n) is 2.71. The Labute approximate surface area is 145 Å². The van der Waals surface area contributed by atoms with Crippen molar-refractivity contribution in [2.24, 2.45) is 0 Å². The summed E-state index contributed by atoms with van der Waals surface area (Å²) in [6.07, 6.45) is 0. The molecule has 1 amide bonds. The van der Waals surface area contributed by atoms with Gasteiger partial charge in [0.15, 0.2) is 18.2 Å². The third kappa shape index (κ3) is 5.27. The standard InChI is InChI=1S/C16H12BrFN2O2S/c17-11-5-6-14(12(18)9-11)22-10-16(21)20-13-3-1-2-4-15(13)23-8-7-19/h1-6,9H,8,10H2,(H,20,21). The number of halogens is 2. The minimum atomic E-state index is -0.544. The predicted molar refractivity (Wildman–Crippen MR) is 91.0 cm³/mol. The first-order chi connectivity index (χ1) is 11.1. The maximum atomic E-state index is 13.6. The lowest BCUT2D eigenvalue weighted by Gasteiger charge is -2.11. The number of hydrogen-bond donors (Lipinski definition) is 1. The summed E-state index contributed by atoms with van der Waals surface area (Å²) in [5, 5.41) is 11.3. The van der Waals surface area contributed by atoms with Gasteiger partial charge in [-0.2, -0.15) is 5.26 Å². The van der Waals surface area contributed by atoms with Gasteiger partial charge in [-0.15, -0.1) is 11.8 Å². The molecule has 118 valence electrons. The highest BCUT2D eigenvalue weighted by atomic mass is 79.9. The first kappa shape index (κ1) is 17.3. The molecule has 23 heavy (non-hydrogen) atoms. The van der Waals surface area contributed by atoms with Crippen molar-refractivity contribution in [2.45, 2.75) is 4.90 Å². The van der Waals surface area contributed by atoms with Crippen molar-refractivity contribution in [3.05, 3.63) is 52.8 Å². The number of carbonyl (C=O) groups excluding carboxylic acids is 1. The molecule has 2 aromatic rings. The molecule has 2 rings (SSSR count). The fourth-order valence-electron chi connectivity index (χ4n) is 1.73. The Morgan fingerprint density at radius 3 is 2.87 bits per heavy atom. The molecule has 0 fully saturated rings. The molecular weight excluding hydrogens is 383 g/mol. The van der Waals surface area contributed by atoms with Crippen LogP contribution in [0.4, 0.5) is 10.1 Å². The molecule has 0 saturated heterocycles. The molecule has 0 radical (unpaired) electrons. The molecule has 0 aliphatic heterocycles. The number of amides is 1. The van der Waals surface area contributed by atoms with E-state index in [2.05, 4.69) is 21.2 Å². The molecule has 4 nitrogen and oxygen atoms in total. The Kier molecular flexibility index (Phi) is 6.44. The summed E-state index contributed by atoms with van der Waals surface area (Å²) in [6.45, 7) is -0.310. The third-order valence-corrected chi connectivity index (χ3v) is 4.14. The zero-order valence-corrected chi connectivity index (χ0v) is 14.3. The van der Waals surface area contributed by atoms with E-state index in [9.17, 15) is 9.18 Å². The van der Waals surface area contributed by atoms with Crippen molar-refractivity contribution in [3.8, 4) is 11.8 Å². The number of ether oxygens (including phenoxy) is 1. The van der Waals surface area contributed by atoms with Crippen LogP contribution in [0.3, 0.4) is 0 Å². The van der Waals surface area contributed by atoms with Crippen LogP contribution in [0.1, 0.15) is 0 Å². The highest BCUT2D eigenvalue weighted by Crippen LogP contribution is 2.26. The van der Waals surface area contributed by atoms with E-state index in [1.165, 1.54) is 23.9 Å². The Morgan fingerprint density at radius 1 is 1.35 bits per heavy atom. The number of nitriles is 1. The molecular formula is C16H12BrFN2O2S. The van der Waals surface area contributed by atoms with Crippen LogP contribution in [0.5, 0.6) is 5.75 Å². The number of benzene rings is 2. The lowest BCUT2D eigenvalue weighted by Crippen LogP contribution is -2.20. The molecule has 0 bridgehead atoms. The normalized spacial score (nSPS) is 9.96. The SMILES string of the molecule is N#CCSc1ccccc1NC(=O)COc1ccc(Br)cc1F. The summed E-state index contributed by atoms with van der Waals surface area (Å²) in [6, 6.07) is 13.5. The van der Waals surface area contributed by atoms with Crippen LogP contribution in [-0.2, 0) is 4.79 Å². The molecule has 0 atom stereocenters. The van der Waals surface area contributed by atoms with E-state index < -0.39 is 11.7 Å². The highest BCUT2D eigenvalue weighted by molar-refractivity contribution is 9.10. The van der Waals surface area contributed by atoms with Crippen molar-refractivity contribution in [2.75, 3.05) is 17.7 Å². The Morgan fingerprint density at radius 2 is 2.13 bits per heavy atom. The van der Waals surface area contributed by atoms with Gasteiger partial charge < -0.3 is 10.1 Å². The highest BCUT2D eigenvalue weighted by Gasteiger charge is 2.10. The number of rotatable bonds is 6. The van der Waals surface area contributed by atoms with Crippen molar-refractivity contribution >= 4 is 39.3 Å². The van der Waals surface area contributed by atoms with E-state index in [4.69, 9.17) is 10.00 Å². The largest absolute Gasteiger partial charge is 0.481 e. The first-order valence-electron chi connectivity index (χ1n) is 6.56. The van der Waals surface area contributed by atoms with Crippen LogP contribution < -0.4 is 10.1 Å². The van der Waals surface area contributed by atoms with Gasteiger partial charge in [-0.3, -0.25) is 4.79 Å². The van der Waals surface area contributed by atoms with Crippen molar-refractivity contribution in [3.63, 3.8) is 0 Å². The zero-order chi connectivity index (χ0) is 16.7. The van der Waals surface area contributed by atoms with E-state index in [1.54, 1.807) is 18.2 Å². The summed E-state index contributed by atoms with van der Waals surface area (Å²) < 4.78 is 19.4. The van der Waals surface area contributed by atoms with E-state index in [0.717, 1.165) is 4.90 Å². The van der Waals surface area contributed by atoms with Gasteiger partial charge in [0.25, 0.3) is 5.91 Å². The summed E-state index contributed by atoms with van der Waals surface area (Å²) in [7, 11) is 0. The molecule has 0 aliphatic carbocycles. The fraction of sp³-hybridized carbons (Fsp3) is 0.125. The molecule has 0 saturated carbocycles. The lowest BCUT2D eigenvalue weighted by molar-refractivity contribution is -0.118. The summed E-state index contributed by atoms with van der Waals surface area (Å²) in [5.74, 6) is -0.655. The number of hydrogen-bond acceptors (Lipinski definition) is 4.